The number of urea groups is 1. The summed E-state index contributed by atoms with van der Waals surface area (Å²) in [5.41, 5.74) is 6.90. The quantitative estimate of drug-likeness (QED) is 0.443. The number of amides is 3. The molecule has 4 N–H and O–H groups in total. The summed E-state index contributed by atoms with van der Waals surface area (Å²) in [5.74, 6) is -0.0684. The summed E-state index contributed by atoms with van der Waals surface area (Å²) in [6, 6.07) is -0.258. The number of hydrogen-bond acceptors (Lipinski definition) is 9. The summed E-state index contributed by atoms with van der Waals surface area (Å²) in [5, 5.41) is 2.69. The zero-order valence-corrected chi connectivity index (χ0v) is 21.5. The first-order chi connectivity index (χ1) is 16.6. The Hall–Kier alpha value is -2.84. The predicted octanol–water partition coefficient (Wildman–Crippen LogP) is 1.30. The van der Waals surface area contributed by atoms with Gasteiger partial charge in [0.25, 0.3) is 0 Å². The Morgan fingerprint density at radius 2 is 1.97 bits per heavy atom. The number of nitrogens with zero attached hydrogens (tertiary/aromatic N) is 5. The highest BCUT2D eigenvalue weighted by Crippen LogP contribution is 2.33. The summed E-state index contributed by atoms with van der Waals surface area (Å²) < 4.78 is 27.2. The van der Waals surface area contributed by atoms with Crippen LogP contribution in [0.1, 0.15) is 38.8 Å². The van der Waals surface area contributed by atoms with Crippen LogP contribution < -0.4 is 20.7 Å². The largest absolute Gasteiger partial charge is 0.368 e. The fraction of sp³-hybridized carbons (Fsp3) is 0.571. The number of aryl methyl sites for hydroxylation is 1. The number of nitrogens with two attached hydrogens (primary N) is 1. The third-order valence-electron chi connectivity index (χ3n) is 6.12. The van der Waals surface area contributed by atoms with Crippen LogP contribution in [-0.2, 0) is 14.8 Å². The van der Waals surface area contributed by atoms with Gasteiger partial charge in [-0.3, -0.25) is 10.1 Å². The lowest BCUT2D eigenvalue weighted by atomic mass is 10.2. The summed E-state index contributed by atoms with van der Waals surface area (Å²) in [6.07, 6.45) is 3.07. The molecular weight excluding hydrogens is 492 g/mol. The Balaban J connectivity index is 1.48. The third kappa shape index (κ3) is 5.54. The smallest absolute Gasteiger partial charge is 0.324 e. The summed E-state index contributed by atoms with van der Waals surface area (Å²) in [7, 11) is -3.46. The van der Waals surface area contributed by atoms with Crippen molar-refractivity contribution in [3.05, 3.63) is 18.0 Å². The molecule has 4 rings (SSSR count). The van der Waals surface area contributed by atoms with Gasteiger partial charge in [0.05, 0.1) is 21.5 Å². The molecule has 3 heterocycles. The van der Waals surface area contributed by atoms with E-state index in [9.17, 15) is 18.0 Å². The van der Waals surface area contributed by atoms with Crippen molar-refractivity contribution in [2.45, 2.75) is 57.4 Å². The molecule has 0 radical (unpaired) electrons. The van der Waals surface area contributed by atoms with Crippen LogP contribution in [0, 0.1) is 6.92 Å². The van der Waals surface area contributed by atoms with Crippen LogP contribution >= 0.6 is 11.3 Å². The Morgan fingerprint density at radius 1 is 1.26 bits per heavy atom. The topological polar surface area (TPSA) is 164 Å². The van der Waals surface area contributed by atoms with Crippen LogP contribution in [0.15, 0.2) is 12.3 Å². The lowest BCUT2D eigenvalue weighted by molar-refractivity contribution is -0.121. The van der Waals surface area contributed by atoms with Crippen molar-refractivity contribution in [3.8, 4) is 10.6 Å². The molecule has 2 atom stereocenters. The summed E-state index contributed by atoms with van der Waals surface area (Å²) in [4.78, 5) is 42.6. The highest BCUT2D eigenvalue weighted by Gasteiger charge is 2.43. The SMILES string of the molecule is CCN(CC)c1nccc(-c2sc(NC(=O)N3C[C@H](NS(=O)(=O)C4CC4)C[C@H]3C(N)=O)nc2C)n1. The average molecular weight is 523 g/mol. The van der Waals surface area contributed by atoms with Crippen molar-refractivity contribution in [1.82, 2.24) is 24.6 Å². The van der Waals surface area contributed by atoms with Crippen molar-refractivity contribution in [2.24, 2.45) is 5.73 Å². The Morgan fingerprint density at radius 3 is 2.60 bits per heavy atom. The van der Waals surface area contributed by atoms with E-state index in [1.807, 2.05) is 25.7 Å². The van der Waals surface area contributed by atoms with E-state index in [0.29, 0.717) is 35.3 Å². The number of anilines is 2. The average Bonchev–Trinajstić information content (AvgIpc) is 3.50. The van der Waals surface area contributed by atoms with Crippen molar-refractivity contribution >= 4 is 44.4 Å². The van der Waals surface area contributed by atoms with Crippen molar-refractivity contribution < 1.29 is 18.0 Å². The molecule has 2 aromatic rings. The van der Waals surface area contributed by atoms with E-state index < -0.39 is 39.3 Å². The van der Waals surface area contributed by atoms with Crippen LogP contribution in [0.25, 0.3) is 10.6 Å². The van der Waals surface area contributed by atoms with Crippen molar-refractivity contribution in [1.29, 1.82) is 0 Å². The number of nitrogens with one attached hydrogen (secondary N) is 2. The normalized spacial score (nSPS) is 20.1. The van der Waals surface area contributed by atoms with Crippen molar-refractivity contribution in [3.63, 3.8) is 0 Å². The van der Waals surface area contributed by atoms with E-state index in [1.54, 1.807) is 12.3 Å². The predicted molar refractivity (Wildman–Crippen MR) is 134 cm³/mol. The van der Waals surface area contributed by atoms with Gasteiger partial charge in [0.2, 0.25) is 21.9 Å². The maximum absolute atomic E-state index is 13.0. The lowest BCUT2D eigenvalue weighted by Gasteiger charge is -2.21. The Bertz CT molecular complexity index is 1210. The first kappa shape index (κ1) is 25.3. The maximum atomic E-state index is 13.0. The van der Waals surface area contributed by atoms with Gasteiger partial charge in [-0.05, 0) is 46.1 Å². The number of thiazole rings is 1. The number of sulfonamides is 1. The molecule has 2 fully saturated rings. The minimum Gasteiger partial charge on any atom is -0.368 e. The molecule has 0 unspecified atom stereocenters. The molecule has 0 aromatic carbocycles. The number of likely N-dealkylation sites (tertiary alicyclic amines) is 1. The molecular formula is C21H30N8O4S2. The van der Waals surface area contributed by atoms with Gasteiger partial charge in [-0.1, -0.05) is 11.3 Å². The molecule has 1 aliphatic heterocycles. The second kappa shape index (κ2) is 10.0. The first-order valence-corrected chi connectivity index (χ1v) is 13.9. The fourth-order valence-electron chi connectivity index (χ4n) is 4.11. The fourth-order valence-corrected chi connectivity index (χ4v) is 6.62. The minimum atomic E-state index is -3.46. The van der Waals surface area contributed by atoms with Crippen LogP contribution in [0.3, 0.4) is 0 Å². The minimum absolute atomic E-state index is 0.0434. The van der Waals surface area contributed by atoms with E-state index in [2.05, 4.69) is 25.0 Å². The first-order valence-electron chi connectivity index (χ1n) is 11.6. The second-order valence-corrected chi connectivity index (χ2v) is 11.6. The van der Waals surface area contributed by atoms with E-state index in [1.165, 1.54) is 16.2 Å². The number of rotatable bonds is 9. The number of carbonyl (C=O) groups excluding carboxylic acids is 2. The van der Waals surface area contributed by atoms with E-state index in [0.717, 1.165) is 18.0 Å². The van der Waals surface area contributed by atoms with Crippen LogP contribution in [0.4, 0.5) is 15.9 Å². The number of primary amides is 1. The molecule has 3 amide bonds. The van der Waals surface area contributed by atoms with Gasteiger partial charge >= 0.3 is 6.03 Å². The van der Waals surface area contributed by atoms with Gasteiger partial charge in [0.15, 0.2) is 5.13 Å². The van der Waals surface area contributed by atoms with Gasteiger partial charge in [-0.25, -0.2) is 32.9 Å². The number of hydrogen-bond donors (Lipinski definition) is 3. The molecule has 12 nitrogen and oxygen atoms in total. The van der Waals surface area contributed by atoms with Gasteiger partial charge in [-0.2, -0.15) is 0 Å². The summed E-state index contributed by atoms with van der Waals surface area (Å²) in [6.45, 7) is 7.48. The molecule has 0 bridgehead atoms. The molecule has 1 saturated heterocycles. The molecule has 1 saturated carbocycles. The van der Waals surface area contributed by atoms with E-state index >= 15 is 0 Å². The Labute approximate surface area is 208 Å². The Kier molecular flexibility index (Phi) is 7.24. The van der Waals surface area contributed by atoms with Crippen molar-refractivity contribution in [2.75, 3.05) is 29.9 Å². The molecule has 1 aliphatic carbocycles. The van der Waals surface area contributed by atoms with Crippen LogP contribution in [0.2, 0.25) is 0 Å². The van der Waals surface area contributed by atoms with Gasteiger partial charge in [0.1, 0.15) is 6.04 Å². The van der Waals surface area contributed by atoms with Crippen LogP contribution in [-0.4, -0.2) is 77.2 Å². The zero-order chi connectivity index (χ0) is 25.3. The van der Waals surface area contributed by atoms with Gasteiger partial charge < -0.3 is 15.5 Å². The summed E-state index contributed by atoms with van der Waals surface area (Å²) >= 11 is 1.26. The molecule has 14 heteroatoms. The standard InChI is InChI=1S/C21H30N8O4S2/c1-4-28(5-2)19-23-9-8-15(25-19)17-12(3)24-20(34-17)26-21(31)29-11-13(10-16(29)18(22)30)27-35(32,33)14-6-7-14/h8-9,13-14,16,27H,4-7,10-11H2,1-3H3,(H2,22,30)(H,24,26,31)/t13-,16+/m1/s1. The van der Waals surface area contributed by atoms with Crippen LogP contribution in [0.5, 0.6) is 0 Å². The number of carbonyl (C=O) groups is 2. The van der Waals surface area contributed by atoms with E-state index in [4.69, 9.17) is 5.73 Å². The third-order valence-corrected chi connectivity index (χ3v) is 9.22. The number of aromatic nitrogens is 3. The van der Waals surface area contributed by atoms with E-state index in [-0.39, 0.29) is 13.0 Å². The maximum Gasteiger partial charge on any atom is 0.324 e. The second-order valence-electron chi connectivity index (χ2n) is 8.64. The zero-order valence-electron chi connectivity index (χ0n) is 19.9. The highest BCUT2D eigenvalue weighted by atomic mass is 32.2. The molecule has 0 spiro atoms. The highest BCUT2D eigenvalue weighted by molar-refractivity contribution is 7.90. The lowest BCUT2D eigenvalue weighted by Crippen LogP contribution is -2.46. The monoisotopic (exact) mass is 522 g/mol. The molecule has 2 aromatic heterocycles. The van der Waals surface area contributed by atoms with Gasteiger partial charge in [-0.15, -0.1) is 0 Å². The molecule has 190 valence electrons. The molecule has 35 heavy (non-hydrogen) atoms. The van der Waals surface area contributed by atoms with Gasteiger partial charge in [0, 0.05) is 31.9 Å². The molecule has 2 aliphatic rings.